The standard InChI is InChI=1S/C12H14N2O2S2/c13-8-10-3-5-12(6-4-10)18(15,16)14-9-11-2-1-7-17-11/h1-7,14H,8-9,13H2. The molecule has 0 unspecified atom stereocenters. The second kappa shape index (κ2) is 5.62. The van der Waals surface area contributed by atoms with Gasteiger partial charge < -0.3 is 5.73 Å². The Morgan fingerprint density at radius 1 is 1.17 bits per heavy atom. The Morgan fingerprint density at radius 3 is 2.44 bits per heavy atom. The van der Waals surface area contributed by atoms with Crippen LogP contribution in [0.1, 0.15) is 10.4 Å². The van der Waals surface area contributed by atoms with Gasteiger partial charge in [-0.1, -0.05) is 18.2 Å². The Hall–Kier alpha value is -1.21. The van der Waals surface area contributed by atoms with E-state index in [0.29, 0.717) is 13.1 Å². The van der Waals surface area contributed by atoms with E-state index < -0.39 is 10.0 Å². The van der Waals surface area contributed by atoms with Crippen molar-refractivity contribution in [3.63, 3.8) is 0 Å². The van der Waals surface area contributed by atoms with Crippen molar-refractivity contribution < 1.29 is 8.42 Å². The smallest absolute Gasteiger partial charge is 0.240 e. The molecule has 0 atom stereocenters. The molecule has 1 aromatic carbocycles. The zero-order valence-electron chi connectivity index (χ0n) is 9.67. The maximum atomic E-state index is 12.0. The maximum absolute atomic E-state index is 12.0. The molecule has 4 nitrogen and oxygen atoms in total. The van der Waals surface area contributed by atoms with Crippen molar-refractivity contribution in [2.24, 2.45) is 5.73 Å². The van der Waals surface area contributed by atoms with Crippen LogP contribution in [0.2, 0.25) is 0 Å². The van der Waals surface area contributed by atoms with Gasteiger partial charge in [0.1, 0.15) is 0 Å². The third kappa shape index (κ3) is 3.17. The molecular weight excluding hydrogens is 268 g/mol. The van der Waals surface area contributed by atoms with Gasteiger partial charge in [-0.2, -0.15) is 0 Å². The lowest BCUT2D eigenvalue weighted by atomic mass is 10.2. The number of hydrogen-bond acceptors (Lipinski definition) is 4. The zero-order valence-corrected chi connectivity index (χ0v) is 11.3. The Morgan fingerprint density at radius 2 is 1.89 bits per heavy atom. The minimum atomic E-state index is -3.45. The monoisotopic (exact) mass is 282 g/mol. The van der Waals surface area contributed by atoms with Gasteiger partial charge in [0.25, 0.3) is 0 Å². The molecule has 18 heavy (non-hydrogen) atoms. The number of hydrogen-bond donors (Lipinski definition) is 2. The third-order valence-corrected chi connectivity index (χ3v) is 4.78. The molecule has 2 rings (SSSR count). The van der Waals surface area contributed by atoms with Crippen LogP contribution in [0.5, 0.6) is 0 Å². The summed E-state index contributed by atoms with van der Waals surface area (Å²) in [6, 6.07) is 10.4. The van der Waals surface area contributed by atoms with Crippen molar-refractivity contribution >= 4 is 21.4 Å². The normalized spacial score (nSPS) is 11.6. The molecule has 3 N–H and O–H groups in total. The van der Waals surface area contributed by atoms with E-state index in [-0.39, 0.29) is 4.90 Å². The Bertz CT molecular complexity index is 590. The molecule has 0 saturated carbocycles. The number of rotatable bonds is 5. The number of benzene rings is 1. The van der Waals surface area contributed by atoms with Gasteiger partial charge in [-0.3, -0.25) is 0 Å². The van der Waals surface area contributed by atoms with Crippen LogP contribution in [0.3, 0.4) is 0 Å². The van der Waals surface area contributed by atoms with Gasteiger partial charge in [0.2, 0.25) is 10.0 Å². The molecule has 96 valence electrons. The highest BCUT2D eigenvalue weighted by Crippen LogP contribution is 2.13. The first-order chi connectivity index (χ1) is 8.62. The molecule has 0 radical (unpaired) electrons. The van der Waals surface area contributed by atoms with Gasteiger partial charge >= 0.3 is 0 Å². The molecule has 0 fully saturated rings. The zero-order chi connectivity index (χ0) is 13.0. The first-order valence-corrected chi connectivity index (χ1v) is 7.79. The van der Waals surface area contributed by atoms with Crippen LogP contribution in [0.4, 0.5) is 0 Å². The molecule has 0 aliphatic carbocycles. The Kier molecular flexibility index (Phi) is 4.13. The van der Waals surface area contributed by atoms with Crippen LogP contribution < -0.4 is 10.5 Å². The summed E-state index contributed by atoms with van der Waals surface area (Å²) in [7, 11) is -3.45. The molecular formula is C12H14N2O2S2. The van der Waals surface area contributed by atoms with Gasteiger partial charge in [0, 0.05) is 18.0 Å². The fraction of sp³-hybridized carbons (Fsp3) is 0.167. The van der Waals surface area contributed by atoms with E-state index >= 15 is 0 Å². The highest BCUT2D eigenvalue weighted by atomic mass is 32.2. The fourth-order valence-corrected chi connectivity index (χ4v) is 3.21. The highest BCUT2D eigenvalue weighted by Gasteiger charge is 2.13. The number of nitrogens with one attached hydrogen (secondary N) is 1. The van der Waals surface area contributed by atoms with Gasteiger partial charge in [-0.25, -0.2) is 13.1 Å². The summed E-state index contributed by atoms with van der Waals surface area (Å²) in [5.41, 5.74) is 6.38. The molecule has 1 aromatic heterocycles. The van der Waals surface area contributed by atoms with Gasteiger partial charge in [-0.15, -0.1) is 11.3 Å². The minimum Gasteiger partial charge on any atom is -0.326 e. The SMILES string of the molecule is NCc1ccc(S(=O)(=O)NCc2cccs2)cc1. The van der Waals surface area contributed by atoms with Crippen molar-refractivity contribution in [2.45, 2.75) is 18.0 Å². The highest BCUT2D eigenvalue weighted by molar-refractivity contribution is 7.89. The number of thiophene rings is 1. The summed E-state index contributed by atoms with van der Waals surface area (Å²) < 4.78 is 26.5. The van der Waals surface area contributed by atoms with E-state index in [2.05, 4.69) is 4.72 Å². The fourth-order valence-electron chi connectivity index (χ4n) is 1.47. The predicted octanol–water partition coefficient (Wildman–Crippen LogP) is 1.69. The molecule has 0 aliphatic heterocycles. The summed E-state index contributed by atoms with van der Waals surface area (Å²) in [5.74, 6) is 0. The van der Waals surface area contributed by atoms with Crippen LogP contribution in [0.15, 0.2) is 46.7 Å². The maximum Gasteiger partial charge on any atom is 0.240 e. The molecule has 0 bridgehead atoms. The molecule has 0 aliphatic rings. The van der Waals surface area contributed by atoms with Crippen molar-refractivity contribution in [3.05, 3.63) is 52.2 Å². The lowest BCUT2D eigenvalue weighted by Gasteiger charge is -2.06. The molecule has 2 aromatic rings. The average Bonchev–Trinajstić information content (AvgIpc) is 2.90. The second-order valence-corrected chi connectivity index (χ2v) is 6.55. The first-order valence-electron chi connectivity index (χ1n) is 5.43. The van der Waals surface area contributed by atoms with Crippen molar-refractivity contribution in [2.75, 3.05) is 0 Å². The first kappa shape index (κ1) is 13.2. The second-order valence-electron chi connectivity index (χ2n) is 3.75. The van der Waals surface area contributed by atoms with Crippen LogP contribution in [0.25, 0.3) is 0 Å². The number of nitrogens with two attached hydrogens (primary N) is 1. The van der Waals surface area contributed by atoms with Crippen LogP contribution in [0, 0.1) is 0 Å². The average molecular weight is 282 g/mol. The summed E-state index contributed by atoms with van der Waals surface area (Å²) in [6.45, 7) is 0.724. The summed E-state index contributed by atoms with van der Waals surface area (Å²) in [4.78, 5) is 1.24. The van der Waals surface area contributed by atoms with Crippen LogP contribution in [-0.4, -0.2) is 8.42 Å². The lowest BCUT2D eigenvalue weighted by molar-refractivity contribution is 0.582. The van der Waals surface area contributed by atoms with Crippen molar-refractivity contribution in [3.8, 4) is 0 Å². The van der Waals surface area contributed by atoms with Crippen molar-refractivity contribution in [1.29, 1.82) is 0 Å². The Labute approximate surface area is 111 Å². The molecule has 0 spiro atoms. The van der Waals surface area contributed by atoms with E-state index in [1.54, 1.807) is 24.3 Å². The van der Waals surface area contributed by atoms with E-state index in [4.69, 9.17) is 5.73 Å². The van der Waals surface area contributed by atoms with E-state index in [0.717, 1.165) is 10.4 Å². The van der Waals surface area contributed by atoms with E-state index in [1.165, 1.54) is 11.3 Å². The third-order valence-electron chi connectivity index (χ3n) is 2.49. The van der Waals surface area contributed by atoms with Crippen molar-refractivity contribution in [1.82, 2.24) is 4.72 Å². The van der Waals surface area contributed by atoms with Crippen LogP contribution in [-0.2, 0) is 23.1 Å². The molecule has 6 heteroatoms. The van der Waals surface area contributed by atoms with Gasteiger partial charge in [-0.05, 0) is 29.1 Å². The minimum absolute atomic E-state index is 0.260. The van der Waals surface area contributed by atoms with Gasteiger partial charge in [0.05, 0.1) is 4.90 Å². The topological polar surface area (TPSA) is 72.2 Å². The Balaban J connectivity index is 2.09. The van der Waals surface area contributed by atoms with Crippen LogP contribution >= 0.6 is 11.3 Å². The molecule has 0 saturated heterocycles. The van der Waals surface area contributed by atoms with Gasteiger partial charge in [0.15, 0.2) is 0 Å². The summed E-state index contributed by atoms with van der Waals surface area (Å²) in [6.07, 6.45) is 0. The van der Waals surface area contributed by atoms with E-state index in [9.17, 15) is 8.42 Å². The molecule has 1 heterocycles. The molecule has 0 amide bonds. The largest absolute Gasteiger partial charge is 0.326 e. The lowest BCUT2D eigenvalue weighted by Crippen LogP contribution is -2.22. The quantitative estimate of drug-likeness (QED) is 0.876. The summed E-state index contributed by atoms with van der Waals surface area (Å²) in [5, 5.41) is 1.92. The van der Waals surface area contributed by atoms with E-state index in [1.807, 2.05) is 17.5 Å². The summed E-state index contributed by atoms with van der Waals surface area (Å²) >= 11 is 1.52. The number of sulfonamides is 1. The predicted molar refractivity (Wildman–Crippen MR) is 72.7 cm³/mol.